The Hall–Kier alpha value is -2.07. The lowest BCUT2D eigenvalue weighted by Crippen LogP contribution is -2.26. The molecule has 2 rings (SSSR count). The number of carbonyl (C=O) groups is 2. The van der Waals surface area contributed by atoms with E-state index in [0.717, 1.165) is 11.6 Å². The molecule has 0 saturated heterocycles. The summed E-state index contributed by atoms with van der Waals surface area (Å²) < 4.78 is 23.5. The summed E-state index contributed by atoms with van der Waals surface area (Å²) in [6.07, 6.45) is 0.169. The summed E-state index contributed by atoms with van der Waals surface area (Å²) in [6, 6.07) is 12.1. The average Bonchev–Trinajstić information content (AvgIpc) is 2.63. The number of hydrogen-bond acceptors (Lipinski definition) is 5. The Morgan fingerprint density at radius 3 is 2.46 bits per heavy atom. The molecule has 28 heavy (non-hydrogen) atoms. The molecule has 0 aromatic heterocycles. The summed E-state index contributed by atoms with van der Waals surface area (Å²) in [6.45, 7) is 0.140. The first-order valence-corrected chi connectivity index (χ1v) is 11.1. The summed E-state index contributed by atoms with van der Waals surface area (Å²) in [4.78, 5) is 23.3. The van der Waals surface area contributed by atoms with Gasteiger partial charge in [-0.2, -0.15) is 0 Å². The van der Waals surface area contributed by atoms with Crippen molar-refractivity contribution in [1.29, 1.82) is 0 Å². The van der Waals surface area contributed by atoms with Crippen molar-refractivity contribution in [3.63, 3.8) is 0 Å². The van der Waals surface area contributed by atoms with Crippen LogP contribution in [0.15, 0.2) is 52.3 Å². The number of aliphatic carboxylic acids is 1. The highest BCUT2D eigenvalue weighted by molar-refractivity contribution is 7.98. The number of amides is 1. The second-order valence-electron chi connectivity index (χ2n) is 5.85. The van der Waals surface area contributed by atoms with Crippen molar-refractivity contribution in [2.24, 2.45) is 5.14 Å². The molecule has 7 nitrogen and oxygen atoms in total. The third kappa shape index (κ3) is 6.52. The Labute approximate surface area is 172 Å². The van der Waals surface area contributed by atoms with Crippen LogP contribution in [0.4, 0.5) is 0 Å². The number of carboxylic acid groups (broad SMARTS) is 1. The van der Waals surface area contributed by atoms with E-state index in [0.29, 0.717) is 10.6 Å². The molecule has 0 bridgehead atoms. The van der Waals surface area contributed by atoms with Crippen LogP contribution in [0.1, 0.15) is 28.8 Å². The van der Waals surface area contributed by atoms with Gasteiger partial charge in [0.15, 0.2) is 0 Å². The summed E-state index contributed by atoms with van der Waals surface area (Å²) in [5.74, 6) is -0.940. The molecule has 0 fully saturated rings. The minimum Gasteiger partial charge on any atom is -0.481 e. The van der Waals surface area contributed by atoms with Gasteiger partial charge in [-0.25, -0.2) is 13.6 Å². The molecule has 2 aromatic rings. The fourth-order valence-electron chi connectivity index (χ4n) is 2.32. The quantitative estimate of drug-likeness (QED) is 0.405. The SMILES string of the molecule is NS(=O)(=O)c1cc(C(=O)NCCCC(=O)O)c(SCc2ccccc2)cc1Cl. The third-order valence-electron chi connectivity index (χ3n) is 3.68. The molecule has 0 radical (unpaired) electrons. The molecule has 4 N–H and O–H groups in total. The van der Waals surface area contributed by atoms with Crippen LogP contribution in [-0.2, 0) is 20.6 Å². The molecular weight excluding hydrogens is 424 g/mol. The van der Waals surface area contributed by atoms with Crippen molar-refractivity contribution in [3.05, 3.63) is 58.6 Å². The lowest BCUT2D eigenvalue weighted by atomic mass is 10.2. The van der Waals surface area contributed by atoms with Crippen LogP contribution >= 0.6 is 23.4 Å². The molecule has 0 aliphatic carbocycles. The number of halogens is 1. The maximum atomic E-state index is 12.6. The van der Waals surface area contributed by atoms with Gasteiger partial charge in [0.2, 0.25) is 10.0 Å². The molecule has 0 aliphatic heterocycles. The largest absolute Gasteiger partial charge is 0.481 e. The maximum absolute atomic E-state index is 12.6. The van der Waals surface area contributed by atoms with Gasteiger partial charge in [0.05, 0.1) is 10.6 Å². The van der Waals surface area contributed by atoms with Gasteiger partial charge < -0.3 is 10.4 Å². The maximum Gasteiger partial charge on any atom is 0.303 e. The van der Waals surface area contributed by atoms with Gasteiger partial charge in [0.25, 0.3) is 5.91 Å². The smallest absolute Gasteiger partial charge is 0.303 e. The number of carbonyl (C=O) groups excluding carboxylic acids is 1. The molecule has 0 unspecified atom stereocenters. The zero-order valence-corrected chi connectivity index (χ0v) is 17.1. The number of nitrogens with two attached hydrogens (primary N) is 1. The minimum atomic E-state index is -4.11. The number of nitrogens with one attached hydrogen (secondary N) is 1. The van der Waals surface area contributed by atoms with Crippen LogP contribution in [-0.4, -0.2) is 31.9 Å². The highest BCUT2D eigenvalue weighted by Gasteiger charge is 2.21. The van der Waals surface area contributed by atoms with E-state index in [4.69, 9.17) is 21.8 Å². The highest BCUT2D eigenvalue weighted by atomic mass is 35.5. The lowest BCUT2D eigenvalue weighted by Gasteiger charge is -2.13. The first-order valence-electron chi connectivity index (χ1n) is 8.21. The van der Waals surface area contributed by atoms with E-state index in [-0.39, 0.29) is 34.9 Å². The van der Waals surface area contributed by atoms with E-state index in [1.807, 2.05) is 30.3 Å². The van der Waals surface area contributed by atoms with Gasteiger partial charge in [0.1, 0.15) is 4.90 Å². The Balaban J connectivity index is 2.27. The zero-order chi connectivity index (χ0) is 20.7. The third-order valence-corrected chi connectivity index (χ3v) is 6.18. The monoisotopic (exact) mass is 442 g/mol. The van der Waals surface area contributed by atoms with Crippen molar-refractivity contribution in [1.82, 2.24) is 5.32 Å². The summed E-state index contributed by atoms with van der Waals surface area (Å²) in [5, 5.41) is 16.4. The van der Waals surface area contributed by atoms with E-state index in [9.17, 15) is 18.0 Å². The van der Waals surface area contributed by atoms with Gasteiger partial charge in [-0.05, 0) is 24.1 Å². The molecule has 0 heterocycles. The van der Waals surface area contributed by atoms with Crippen LogP contribution in [0.3, 0.4) is 0 Å². The number of sulfonamides is 1. The second-order valence-corrected chi connectivity index (χ2v) is 8.81. The van der Waals surface area contributed by atoms with Crippen LogP contribution in [0.2, 0.25) is 5.02 Å². The number of rotatable bonds is 9. The van der Waals surface area contributed by atoms with Crippen LogP contribution < -0.4 is 10.5 Å². The number of hydrogen-bond donors (Lipinski definition) is 3. The summed E-state index contributed by atoms with van der Waals surface area (Å²) >= 11 is 7.40. The predicted octanol–water partition coefficient (Wildman–Crippen LogP) is 2.87. The molecule has 10 heteroatoms. The van der Waals surface area contributed by atoms with E-state index in [2.05, 4.69) is 5.32 Å². The average molecular weight is 443 g/mol. The molecule has 1 amide bonds. The second kappa shape index (κ2) is 9.92. The first-order chi connectivity index (χ1) is 13.2. The standard InChI is InChI=1S/C18H19ClN2O5S2/c19-14-10-15(27-11-12-5-2-1-3-6-12)13(9-16(14)28(20,25)26)18(24)21-8-4-7-17(22)23/h1-3,5-6,9-10H,4,7-8,11H2,(H,21,24)(H,22,23)(H2,20,25,26). The Bertz CT molecular complexity index is 965. The first kappa shape index (κ1) is 22.2. The van der Waals surface area contributed by atoms with Crippen LogP contribution in [0.5, 0.6) is 0 Å². The van der Waals surface area contributed by atoms with E-state index >= 15 is 0 Å². The van der Waals surface area contributed by atoms with Gasteiger partial charge in [-0.3, -0.25) is 9.59 Å². The van der Waals surface area contributed by atoms with E-state index < -0.39 is 21.9 Å². The zero-order valence-electron chi connectivity index (χ0n) is 14.7. The number of primary sulfonamides is 1. The topological polar surface area (TPSA) is 127 Å². The van der Waals surface area contributed by atoms with E-state index in [1.54, 1.807) is 0 Å². The van der Waals surface area contributed by atoms with Crippen molar-refractivity contribution in [2.45, 2.75) is 28.4 Å². The fourth-order valence-corrected chi connectivity index (χ4v) is 4.51. The fraction of sp³-hybridized carbons (Fsp3) is 0.222. The molecule has 0 spiro atoms. The van der Waals surface area contributed by atoms with Gasteiger partial charge >= 0.3 is 5.97 Å². The Kier molecular flexibility index (Phi) is 7.88. The van der Waals surface area contributed by atoms with Crippen LogP contribution in [0.25, 0.3) is 0 Å². The van der Waals surface area contributed by atoms with Crippen molar-refractivity contribution >= 4 is 45.3 Å². The molecule has 2 aromatic carbocycles. The number of carboxylic acids is 1. The molecule has 0 aliphatic rings. The molecule has 0 saturated carbocycles. The predicted molar refractivity (Wildman–Crippen MR) is 108 cm³/mol. The van der Waals surface area contributed by atoms with E-state index in [1.165, 1.54) is 17.8 Å². The van der Waals surface area contributed by atoms with Gasteiger partial charge in [-0.15, -0.1) is 11.8 Å². The Morgan fingerprint density at radius 1 is 1.18 bits per heavy atom. The number of thioether (sulfide) groups is 1. The Morgan fingerprint density at radius 2 is 1.86 bits per heavy atom. The van der Waals surface area contributed by atoms with Crippen molar-refractivity contribution in [3.8, 4) is 0 Å². The van der Waals surface area contributed by atoms with Crippen molar-refractivity contribution in [2.75, 3.05) is 6.54 Å². The normalized spacial score (nSPS) is 11.2. The number of benzene rings is 2. The van der Waals surface area contributed by atoms with Crippen LogP contribution in [0, 0.1) is 0 Å². The summed E-state index contributed by atoms with van der Waals surface area (Å²) in [5.41, 5.74) is 1.14. The van der Waals surface area contributed by atoms with Crippen molar-refractivity contribution < 1.29 is 23.1 Å². The minimum absolute atomic E-state index is 0.0690. The van der Waals surface area contributed by atoms with Gasteiger partial charge in [-0.1, -0.05) is 41.9 Å². The molecule has 0 atom stereocenters. The molecular formula is C18H19ClN2O5S2. The van der Waals surface area contributed by atoms with Gasteiger partial charge in [0, 0.05) is 23.6 Å². The highest BCUT2D eigenvalue weighted by Crippen LogP contribution is 2.33. The lowest BCUT2D eigenvalue weighted by molar-refractivity contribution is -0.137. The molecule has 150 valence electrons. The summed E-state index contributed by atoms with van der Waals surface area (Å²) in [7, 11) is -4.11.